The molecule has 0 fully saturated rings. The molecular weight excluding hydrogens is 319 g/mol. The van der Waals surface area contributed by atoms with Crippen LogP contribution in [0.1, 0.15) is 0 Å². The SMILES string of the molecule is O=S(=O)(CCOc1ccccc1)Nc1ccc(F)c(F)c1F. The van der Waals surface area contributed by atoms with Crippen molar-refractivity contribution in [2.75, 3.05) is 17.1 Å². The molecule has 0 aliphatic rings. The fourth-order valence-corrected chi connectivity index (χ4v) is 2.51. The summed E-state index contributed by atoms with van der Waals surface area (Å²) in [6.45, 7) is -0.176. The van der Waals surface area contributed by atoms with Crippen molar-refractivity contribution in [3.63, 3.8) is 0 Å². The molecule has 0 saturated heterocycles. The molecule has 0 aromatic heterocycles. The molecule has 0 heterocycles. The van der Waals surface area contributed by atoms with Gasteiger partial charge in [-0.3, -0.25) is 4.72 Å². The molecule has 2 rings (SSSR count). The second-order valence-corrected chi connectivity index (χ2v) is 6.15. The summed E-state index contributed by atoms with van der Waals surface area (Å²) in [7, 11) is -3.96. The van der Waals surface area contributed by atoms with Crippen LogP contribution in [0.25, 0.3) is 0 Å². The predicted molar refractivity (Wildman–Crippen MR) is 75.7 cm³/mol. The molecule has 0 radical (unpaired) electrons. The topological polar surface area (TPSA) is 55.4 Å². The van der Waals surface area contributed by atoms with Crippen molar-refractivity contribution in [1.29, 1.82) is 0 Å². The van der Waals surface area contributed by atoms with Gasteiger partial charge < -0.3 is 4.74 Å². The molecule has 0 saturated carbocycles. The van der Waals surface area contributed by atoms with Gasteiger partial charge in [-0.1, -0.05) is 18.2 Å². The van der Waals surface area contributed by atoms with Crippen LogP contribution in [0, 0.1) is 17.5 Å². The fraction of sp³-hybridized carbons (Fsp3) is 0.143. The zero-order valence-electron chi connectivity index (χ0n) is 11.2. The summed E-state index contributed by atoms with van der Waals surface area (Å²) in [5.41, 5.74) is -0.654. The maximum Gasteiger partial charge on any atom is 0.236 e. The van der Waals surface area contributed by atoms with E-state index in [4.69, 9.17) is 4.74 Å². The molecule has 8 heteroatoms. The van der Waals surface area contributed by atoms with Crippen molar-refractivity contribution in [3.8, 4) is 5.75 Å². The van der Waals surface area contributed by atoms with Crippen molar-refractivity contribution < 1.29 is 26.3 Å². The van der Waals surface area contributed by atoms with E-state index in [1.165, 1.54) is 0 Å². The largest absolute Gasteiger partial charge is 0.492 e. The van der Waals surface area contributed by atoms with Gasteiger partial charge in [-0.2, -0.15) is 0 Å². The Kier molecular flexibility index (Phi) is 4.92. The molecule has 118 valence electrons. The number of anilines is 1. The van der Waals surface area contributed by atoms with Crippen molar-refractivity contribution in [2.45, 2.75) is 0 Å². The molecule has 0 aliphatic carbocycles. The van der Waals surface area contributed by atoms with Crippen molar-refractivity contribution >= 4 is 15.7 Å². The second-order valence-electron chi connectivity index (χ2n) is 4.31. The minimum absolute atomic E-state index is 0.176. The molecule has 2 aromatic carbocycles. The van der Waals surface area contributed by atoms with E-state index in [1.54, 1.807) is 30.3 Å². The quantitative estimate of drug-likeness (QED) is 0.828. The average molecular weight is 331 g/mol. The summed E-state index contributed by atoms with van der Waals surface area (Å²) in [6.07, 6.45) is 0. The second kappa shape index (κ2) is 6.69. The normalized spacial score (nSPS) is 11.2. The summed E-state index contributed by atoms with van der Waals surface area (Å²) < 4.78 is 69.8. The Bertz CT molecular complexity index is 751. The summed E-state index contributed by atoms with van der Waals surface area (Å²) >= 11 is 0. The maximum absolute atomic E-state index is 13.4. The van der Waals surface area contributed by atoms with Crippen LogP contribution in [-0.4, -0.2) is 20.8 Å². The van der Waals surface area contributed by atoms with Crippen LogP contribution < -0.4 is 9.46 Å². The lowest BCUT2D eigenvalue weighted by Gasteiger charge is -2.10. The van der Waals surface area contributed by atoms with Crippen LogP contribution in [0.15, 0.2) is 42.5 Å². The summed E-state index contributed by atoms with van der Waals surface area (Å²) in [5.74, 6) is -4.71. The van der Waals surface area contributed by atoms with E-state index >= 15 is 0 Å². The number of benzene rings is 2. The number of ether oxygens (including phenoxy) is 1. The summed E-state index contributed by atoms with van der Waals surface area (Å²) in [6, 6.07) is 9.96. The Morgan fingerprint density at radius 3 is 2.32 bits per heavy atom. The molecule has 0 amide bonds. The standard InChI is InChI=1S/C14H12F3NO3S/c15-11-6-7-12(14(17)13(11)16)18-22(19,20)9-8-21-10-4-2-1-3-5-10/h1-7,18H,8-9H2. The number of nitrogens with one attached hydrogen (secondary N) is 1. The molecule has 4 nitrogen and oxygen atoms in total. The van der Waals surface area contributed by atoms with Gasteiger partial charge in [0.1, 0.15) is 18.1 Å². The van der Waals surface area contributed by atoms with Gasteiger partial charge in [0.15, 0.2) is 17.5 Å². The van der Waals surface area contributed by atoms with Gasteiger partial charge in [0, 0.05) is 0 Å². The molecule has 0 atom stereocenters. The Morgan fingerprint density at radius 1 is 0.955 bits per heavy atom. The molecule has 0 bridgehead atoms. The minimum Gasteiger partial charge on any atom is -0.492 e. The van der Waals surface area contributed by atoms with Crippen LogP contribution in [0.4, 0.5) is 18.9 Å². The van der Waals surface area contributed by atoms with E-state index in [0.29, 0.717) is 11.8 Å². The van der Waals surface area contributed by atoms with Crippen molar-refractivity contribution in [1.82, 2.24) is 0 Å². The lowest BCUT2D eigenvalue weighted by atomic mass is 10.3. The molecular formula is C14H12F3NO3S. The van der Waals surface area contributed by atoms with E-state index in [-0.39, 0.29) is 6.61 Å². The Hall–Kier alpha value is -2.22. The van der Waals surface area contributed by atoms with Gasteiger partial charge in [-0.05, 0) is 24.3 Å². The van der Waals surface area contributed by atoms with Crippen molar-refractivity contribution in [3.05, 3.63) is 59.9 Å². The van der Waals surface area contributed by atoms with E-state index in [9.17, 15) is 21.6 Å². The molecule has 22 heavy (non-hydrogen) atoms. The average Bonchev–Trinajstić information content (AvgIpc) is 2.49. The lowest BCUT2D eigenvalue weighted by molar-refractivity contribution is 0.341. The first-order chi connectivity index (χ1) is 10.4. The number of hydrogen-bond donors (Lipinski definition) is 1. The highest BCUT2D eigenvalue weighted by atomic mass is 32.2. The maximum atomic E-state index is 13.4. The first-order valence-electron chi connectivity index (χ1n) is 6.21. The monoisotopic (exact) mass is 331 g/mol. The molecule has 2 aromatic rings. The third-order valence-electron chi connectivity index (χ3n) is 2.66. The predicted octanol–water partition coefficient (Wildman–Crippen LogP) is 2.92. The molecule has 1 N–H and O–H groups in total. The van der Waals surface area contributed by atoms with Gasteiger partial charge >= 0.3 is 0 Å². The highest BCUT2D eigenvalue weighted by Crippen LogP contribution is 2.20. The number of hydrogen-bond acceptors (Lipinski definition) is 3. The van der Waals surface area contributed by atoms with Crippen LogP contribution in [-0.2, 0) is 10.0 Å². The number of halogens is 3. The first-order valence-corrected chi connectivity index (χ1v) is 7.86. The summed E-state index contributed by atoms with van der Waals surface area (Å²) in [4.78, 5) is 0. The summed E-state index contributed by atoms with van der Waals surface area (Å²) in [5, 5.41) is 0. The highest BCUT2D eigenvalue weighted by Gasteiger charge is 2.18. The minimum atomic E-state index is -3.96. The van der Waals surface area contributed by atoms with Gasteiger partial charge in [0.2, 0.25) is 10.0 Å². The zero-order chi connectivity index (χ0) is 16.2. The highest BCUT2D eigenvalue weighted by molar-refractivity contribution is 7.92. The van der Waals surface area contributed by atoms with Gasteiger partial charge in [0.25, 0.3) is 0 Å². The van der Waals surface area contributed by atoms with Gasteiger partial charge in [-0.15, -0.1) is 0 Å². The van der Waals surface area contributed by atoms with Gasteiger partial charge in [0.05, 0.1) is 5.69 Å². The van der Waals surface area contributed by atoms with Crippen LogP contribution in [0.2, 0.25) is 0 Å². The third kappa shape index (κ3) is 4.14. The fourth-order valence-electron chi connectivity index (χ4n) is 1.61. The Morgan fingerprint density at radius 2 is 1.64 bits per heavy atom. The number of sulfonamides is 1. The molecule has 0 spiro atoms. The van der Waals surface area contributed by atoms with Gasteiger partial charge in [-0.25, -0.2) is 21.6 Å². The van der Waals surface area contributed by atoms with E-state index in [1.807, 2.05) is 4.72 Å². The molecule has 0 unspecified atom stereocenters. The zero-order valence-corrected chi connectivity index (χ0v) is 12.0. The Balaban J connectivity index is 1.98. The number of rotatable bonds is 6. The number of para-hydroxylation sites is 1. The van der Waals surface area contributed by atoms with Crippen LogP contribution >= 0.6 is 0 Å². The lowest BCUT2D eigenvalue weighted by Crippen LogP contribution is -2.22. The first kappa shape index (κ1) is 16.2. The van der Waals surface area contributed by atoms with E-state index in [2.05, 4.69) is 0 Å². The third-order valence-corrected chi connectivity index (χ3v) is 3.90. The molecule has 0 aliphatic heterocycles. The van der Waals surface area contributed by atoms with Crippen molar-refractivity contribution in [2.24, 2.45) is 0 Å². The van der Waals surface area contributed by atoms with E-state index in [0.717, 1.165) is 6.07 Å². The van der Waals surface area contributed by atoms with E-state index < -0.39 is 38.9 Å². The smallest absolute Gasteiger partial charge is 0.236 e. The van der Waals surface area contributed by atoms with Crippen LogP contribution in [0.5, 0.6) is 5.75 Å². The van der Waals surface area contributed by atoms with Crippen LogP contribution in [0.3, 0.4) is 0 Å². The Labute approximate surface area is 125 Å².